The summed E-state index contributed by atoms with van der Waals surface area (Å²) < 4.78 is 7.87. The lowest BCUT2D eigenvalue weighted by Crippen LogP contribution is -2.39. The molecule has 0 spiro atoms. The number of likely N-dealkylation sites (tertiary alicyclic amines) is 1. The fraction of sp³-hybridized carbons (Fsp3) is 0.280. The van der Waals surface area contributed by atoms with E-state index in [0.717, 1.165) is 60.8 Å². The molecule has 3 heterocycles. The second-order valence-corrected chi connectivity index (χ2v) is 8.28. The summed E-state index contributed by atoms with van der Waals surface area (Å²) in [5.41, 5.74) is 10.3. The first-order valence-corrected chi connectivity index (χ1v) is 11.1. The summed E-state index contributed by atoms with van der Waals surface area (Å²) in [6, 6.07) is 20.6. The predicted octanol–water partition coefficient (Wildman–Crippen LogP) is 3.98. The third-order valence-corrected chi connectivity index (χ3v) is 5.91. The maximum absolute atomic E-state index is 6.07. The monoisotopic (exact) mass is 428 g/mol. The number of ether oxygens (including phenoxy) is 1. The number of fused-ring (bicyclic) bond motifs is 1. The Kier molecular flexibility index (Phi) is 6.00. The molecule has 32 heavy (non-hydrogen) atoms. The molecule has 1 aliphatic heterocycles. The Morgan fingerprint density at radius 1 is 1.03 bits per heavy atom. The van der Waals surface area contributed by atoms with Crippen LogP contribution in [0, 0.1) is 0 Å². The number of nitrogens with zero attached hydrogens (tertiary/aromatic N) is 4. The third kappa shape index (κ3) is 4.74. The van der Waals surface area contributed by atoms with E-state index in [2.05, 4.69) is 38.5 Å². The average Bonchev–Trinajstić information content (AvgIpc) is 3.24. The van der Waals surface area contributed by atoms with Crippen LogP contribution in [0.1, 0.15) is 24.0 Å². The fourth-order valence-electron chi connectivity index (χ4n) is 4.13. The summed E-state index contributed by atoms with van der Waals surface area (Å²) in [7, 11) is 0. The maximum atomic E-state index is 6.07. The van der Waals surface area contributed by atoms with Gasteiger partial charge in [0, 0.05) is 30.5 Å². The SMILES string of the molecule is NC1CCN(Cc2ccn3ncnc(Nc4cccc(OCc5ccccc5)c4)c23)CC1. The molecule has 0 amide bonds. The van der Waals surface area contributed by atoms with E-state index >= 15 is 0 Å². The quantitative estimate of drug-likeness (QED) is 0.464. The summed E-state index contributed by atoms with van der Waals surface area (Å²) in [6.45, 7) is 3.45. The van der Waals surface area contributed by atoms with Crippen LogP contribution in [-0.4, -0.2) is 38.6 Å². The van der Waals surface area contributed by atoms with Crippen LogP contribution in [0.15, 0.2) is 73.2 Å². The van der Waals surface area contributed by atoms with Crippen molar-refractivity contribution < 1.29 is 4.74 Å². The summed E-state index contributed by atoms with van der Waals surface area (Å²) >= 11 is 0. The van der Waals surface area contributed by atoms with Gasteiger partial charge in [-0.25, -0.2) is 9.50 Å². The molecule has 1 saturated heterocycles. The van der Waals surface area contributed by atoms with Crippen LogP contribution >= 0.6 is 0 Å². The van der Waals surface area contributed by atoms with Gasteiger partial charge in [0.2, 0.25) is 0 Å². The van der Waals surface area contributed by atoms with Crippen molar-refractivity contribution in [2.24, 2.45) is 5.73 Å². The van der Waals surface area contributed by atoms with Crippen molar-refractivity contribution in [1.29, 1.82) is 0 Å². The van der Waals surface area contributed by atoms with Crippen LogP contribution in [0.2, 0.25) is 0 Å². The normalized spacial score (nSPS) is 15.2. The van der Waals surface area contributed by atoms with Gasteiger partial charge in [-0.05, 0) is 55.3 Å². The first kappa shape index (κ1) is 20.5. The molecule has 0 unspecified atom stereocenters. The molecule has 0 atom stereocenters. The maximum Gasteiger partial charge on any atom is 0.158 e. The molecule has 0 radical (unpaired) electrons. The number of benzene rings is 2. The minimum atomic E-state index is 0.328. The van der Waals surface area contributed by atoms with E-state index in [0.29, 0.717) is 12.6 Å². The number of hydrogen-bond acceptors (Lipinski definition) is 6. The lowest BCUT2D eigenvalue weighted by molar-refractivity contribution is 0.206. The fourth-order valence-corrected chi connectivity index (χ4v) is 4.13. The van der Waals surface area contributed by atoms with Gasteiger partial charge in [0.05, 0.1) is 0 Å². The molecule has 5 rings (SSSR count). The molecule has 3 N–H and O–H groups in total. The van der Waals surface area contributed by atoms with E-state index in [9.17, 15) is 0 Å². The minimum Gasteiger partial charge on any atom is -0.489 e. The number of piperidine rings is 1. The molecular formula is C25H28N6O. The van der Waals surface area contributed by atoms with Crippen molar-refractivity contribution in [3.8, 4) is 5.75 Å². The minimum absolute atomic E-state index is 0.328. The molecule has 164 valence electrons. The molecule has 2 aromatic heterocycles. The zero-order chi connectivity index (χ0) is 21.8. The number of rotatable bonds is 7. The van der Waals surface area contributed by atoms with Crippen molar-refractivity contribution in [3.63, 3.8) is 0 Å². The van der Waals surface area contributed by atoms with Crippen molar-refractivity contribution in [3.05, 3.63) is 84.3 Å². The summed E-state index contributed by atoms with van der Waals surface area (Å²) in [5, 5.41) is 7.86. The van der Waals surface area contributed by atoms with Crippen LogP contribution in [0.4, 0.5) is 11.5 Å². The molecule has 2 aromatic carbocycles. The van der Waals surface area contributed by atoms with Crippen molar-refractivity contribution in [1.82, 2.24) is 19.5 Å². The van der Waals surface area contributed by atoms with Gasteiger partial charge in [-0.2, -0.15) is 5.10 Å². The molecule has 4 aromatic rings. The van der Waals surface area contributed by atoms with Gasteiger partial charge in [-0.1, -0.05) is 36.4 Å². The Bertz CT molecular complexity index is 1170. The van der Waals surface area contributed by atoms with Gasteiger partial charge in [-0.15, -0.1) is 0 Å². The highest BCUT2D eigenvalue weighted by Gasteiger charge is 2.19. The standard InChI is InChI=1S/C25H28N6O/c26-21-10-12-30(13-11-21)16-20-9-14-31-24(20)25(27-18-28-31)29-22-7-4-8-23(15-22)32-17-19-5-2-1-3-6-19/h1-9,14-15,18,21H,10-13,16-17,26H2,(H,27,28,29). The third-order valence-electron chi connectivity index (χ3n) is 5.91. The Hall–Kier alpha value is -3.42. The molecule has 0 aliphatic carbocycles. The topological polar surface area (TPSA) is 80.7 Å². The van der Waals surface area contributed by atoms with Crippen LogP contribution in [0.25, 0.3) is 5.52 Å². The number of hydrogen-bond donors (Lipinski definition) is 2. The highest BCUT2D eigenvalue weighted by Crippen LogP contribution is 2.27. The summed E-state index contributed by atoms with van der Waals surface area (Å²) in [5.74, 6) is 1.60. The van der Waals surface area contributed by atoms with Crippen molar-refractivity contribution in [2.45, 2.75) is 32.0 Å². The highest BCUT2D eigenvalue weighted by atomic mass is 16.5. The number of aromatic nitrogens is 3. The van der Waals surface area contributed by atoms with E-state index in [4.69, 9.17) is 10.5 Å². The smallest absolute Gasteiger partial charge is 0.158 e. The Morgan fingerprint density at radius 2 is 1.88 bits per heavy atom. The first-order chi connectivity index (χ1) is 15.7. The molecule has 0 bridgehead atoms. The van der Waals surface area contributed by atoms with E-state index in [1.54, 1.807) is 6.33 Å². The van der Waals surface area contributed by atoms with Gasteiger partial charge in [0.15, 0.2) is 5.82 Å². The second kappa shape index (κ2) is 9.38. The molecule has 7 heteroatoms. The Morgan fingerprint density at radius 3 is 2.72 bits per heavy atom. The molecule has 0 saturated carbocycles. The summed E-state index contributed by atoms with van der Waals surface area (Å²) in [6.07, 6.45) is 5.66. The number of nitrogens with one attached hydrogen (secondary N) is 1. The van der Waals surface area contributed by atoms with Gasteiger partial charge in [0.1, 0.15) is 24.2 Å². The van der Waals surface area contributed by atoms with Crippen molar-refractivity contribution in [2.75, 3.05) is 18.4 Å². The zero-order valence-corrected chi connectivity index (χ0v) is 18.0. The molecule has 1 aliphatic rings. The second-order valence-electron chi connectivity index (χ2n) is 8.28. The first-order valence-electron chi connectivity index (χ1n) is 11.1. The zero-order valence-electron chi connectivity index (χ0n) is 18.0. The lowest BCUT2D eigenvalue weighted by Gasteiger charge is -2.29. The predicted molar refractivity (Wildman–Crippen MR) is 126 cm³/mol. The van der Waals surface area contributed by atoms with Gasteiger partial charge < -0.3 is 15.8 Å². The average molecular weight is 429 g/mol. The van der Waals surface area contributed by atoms with Gasteiger partial charge in [-0.3, -0.25) is 4.90 Å². The largest absolute Gasteiger partial charge is 0.489 e. The van der Waals surface area contributed by atoms with Crippen molar-refractivity contribution >= 4 is 17.0 Å². The van der Waals surface area contributed by atoms with E-state index in [1.807, 2.05) is 53.2 Å². The van der Waals surface area contributed by atoms with Crippen LogP contribution in [-0.2, 0) is 13.2 Å². The number of nitrogens with two attached hydrogens (primary N) is 1. The van der Waals surface area contributed by atoms with E-state index in [1.165, 1.54) is 5.56 Å². The van der Waals surface area contributed by atoms with Gasteiger partial charge in [0.25, 0.3) is 0 Å². The van der Waals surface area contributed by atoms with E-state index in [-0.39, 0.29) is 0 Å². The lowest BCUT2D eigenvalue weighted by atomic mass is 10.1. The highest BCUT2D eigenvalue weighted by molar-refractivity contribution is 5.76. The molecule has 1 fully saturated rings. The van der Waals surface area contributed by atoms with Crippen LogP contribution in [0.3, 0.4) is 0 Å². The van der Waals surface area contributed by atoms with E-state index < -0.39 is 0 Å². The van der Waals surface area contributed by atoms with Crippen LogP contribution < -0.4 is 15.8 Å². The Labute approximate surface area is 187 Å². The Balaban J connectivity index is 1.33. The molecule has 7 nitrogen and oxygen atoms in total. The van der Waals surface area contributed by atoms with Gasteiger partial charge >= 0.3 is 0 Å². The summed E-state index contributed by atoms with van der Waals surface area (Å²) in [4.78, 5) is 6.99. The van der Waals surface area contributed by atoms with Crippen LogP contribution in [0.5, 0.6) is 5.75 Å². The molecular weight excluding hydrogens is 400 g/mol. The number of anilines is 2.